The van der Waals surface area contributed by atoms with Gasteiger partial charge >= 0.3 is 5.97 Å². The summed E-state index contributed by atoms with van der Waals surface area (Å²) in [4.78, 5) is 10.8. The standard InChI is InChI=1S/C19H17NO6S2/c21-19(22)14-3-7-16(8-4-14)25-11-12-26-17-9-5-15(6-10-17)20(28(23)24)18-2-1-13-27-18/h1-10,13H,11-12H2,(H,21,22)(H,23,24)/p-1. The second-order valence-corrected chi connectivity index (χ2v) is 7.21. The molecular weight excluding hydrogens is 402 g/mol. The van der Waals surface area contributed by atoms with Crippen molar-refractivity contribution in [3.8, 4) is 11.5 Å². The van der Waals surface area contributed by atoms with E-state index < -0.39 is 17.2 Å². The molecule has 0 radical (unpaired) electrons. The Hall–Kier alpha value is -2.88. The first-order valence-electron chi connectivity index (χ1n) is 8.16. The van der Waals surface area contributed by atoms with Gasteiger partial charge in [-0.3, -0.25) is 8.51 Å². The van der Waals surface area contributed by atoms with Gasteiger partial charge in [-0.05, 0) is 66.0 Å². The predicted molar refractivity (Wildman–Crippen MR) is 106 cm³/mol. The molecule has 0 spiro atoms. The quantitative estimate of drug-likeness (QED) is 0.419. The Bertz CT molecular complexity index is 926. The predicted octanol–water partition coefficient (Wildman–Crippen LogP) is 3.84. The minimum Gasteiger partial charge on any atom is -0.755 e. The molecular formula is C19H16NO6S2-. The van der Waals surface area contributed by atoms with E-state index in [0.717, 1.165) is 0 Å². The van der Waals surface area contributed by atoms with Crippen LogP contribution in [0.15, 0.2) is 66.0 Å². The summed E-state index contributed by atoms with van der Waals surface area (Å²) in [5.74, 6) is 0.140. The molecule has 1 unspecified atom stereocenters. The van der Waals surface area contributed by atoms with Crippen LogP contribution in [-0.2, 0) is 11.3 Å². The van der Waals surface area contributed by atoms with Crippen LogP contribution in [0.2, 0.25) is 0 Å². The van der Waals surface area contributed by atoms with Crippen molar-refractivity contribution in [2.45, 2.75) is 0 Å². The number of carboxylic acids is 1. The van der Waals surface area contributed by atoms with Gasteiger partial charge in [-0.2, -0.15) is 0 Å². The molecule has 0 bridgehead atoms. The maximum Gasteiger partial charge on any atom is 0.335 e. The normalized spacial score (nSPS) is 11.6. The summed E-state index contributed by atoms with van der Waals surface area (Å²) in [5.41, 5.74) is 0.706. The van der Waals surface area contributed by atoms with Gasteiger partial charge in [-0.1, -0.05) is 0 Å². The van der Waals surface area contributed by atoms with Gasteiger partial charge in [-0.25, -0.2) is 4.79 Å². The number of hydrogen-bond acceptors (Lipinski definition) is 6. The van der Waals surface area contributed by atoms with Crippen molar-refractivity contribution >= 4 is 39.3 Å². The summed E-state index contributed by atoms with van der Waals surface area (Å²) in [6.45, 7) is 0.558. The number of anilines is 2. The van der Waals surface area contributed by atoms with E-state index in [0.29, 0.717) is 22.2 Å². The van der Waals surface area contributed by atoms with Crippen molar-refractivity contribution in [1.29, 1.82) is 0 Å². The molecule has 9 heteroatoms. The fourth-order valence-electron chi connectivity index (χ4n) is 2.36. The highest BCUT2D eigenvalue weighted by Gasteiger charge is 2.11. The monoisotopic (exact) mass is 418 g/mol. The third-order valence-corrected chi connectivity index (χ3v) is 5.32. The molecule has 1 N–H and O–H groups in total. The molecule has 28 heavy (non-hydrogen) atoms. The minimum absolute atomic E-state index is 0.194. The Morgan fingerprint density at radius 1 is 1.00 bits per heavy atom. The lowest BCUT2D eigenvalue weighted by Crippen LogP contribution is -2.18. The first kappa shape index (κ1) is 19.9. The smallest absolute Gasteiger partial charge is 0.335 e. The summed E-state index contributed by atoms with van der Waals surface area (Å²) in [5, 5.41) is 11.3. The number of carboxylic acid groups (broad SMARTS) is 1. The van der Waals surface area contributed by atoms with E-state index in [9.17, 15) is 13.6 Å². The average Bonchev–Trinajstić information content (AvgIpc) is 3.21. The number of thiophene rings is 1. The highest BCUT2D eigenvalue weighted by atomic mass is 32.2. The Morgan fingerprint density at radius 3 is 2.04 bits per heavy atom. The second kappa shape index (κ2) is 9.36. The van der Waals surface area contributed by atoms with E-state index in [4.69, 9.17) is 14.6 Å². The lowest BCUT2D eigenvalue weighted by atomic mass is 10.2. The number of nitrogens with zero attached hydrogens (tertiary/aromatic N) is 1. The van der Waals surface area contributed by atoms with Crippen molar-refractivity contribution in [2.24, 2.45) is 0 Å². The number of aromatic carboxylic acids is 1. The van der Waals surface area contributed by atoms with Gasteiger partial charge in [-0.15, -0.1) is 11.3 Å². The lowest BCUT2D eigenvalue weighted by molar-refractivity contribution is 0.0697. The summed E-state index contributed by atoms with van der Waals surface area (Å²) < 4.78 is 35.4. The van der Waals surface area contributed by atoms with Crippen molar-refractivity contribution in [3.05, 3.63) is 71.6 Å². The van der Waals surface area contributed by atoms with E-state index in [2.05, 4.69) is 0 Å². The number of rotatable bonds is 9. The highest BCUT2D eigenvalue weighted by Crippen LogP contribution is 2.31. The summed E-state index contributed by atoms with van der Waals surface area (Å²) in [7, 11) is 0. The third kappa shape index (κ3) is 5.10. The zero-order valence-electron chi connectivity index (χ0n) is 14.5. The molecule has 0 aliphatic rings. The molecule has 0 aliphatic carbocycles. The fourth-order valence-corrected chi connectivity index (χ4v) is 3.83. The van der Waals surface area contributed by atoms with Crippen LogP contribution in [0.25, 0.3) is 0 Å². The van der Waals surface area contributed by atoms with Crippen LogP contribution in [0, 0.1) is 0 Å². The van der Waals surface area contributed by atoms with Crippen LogP contribution in [0.5, 0.6) is 11.5 Å². The maximum absolute atomic E-state index is 11.5. The topological polar surface area (TPSA) is 99.1 Å². The fraction of sp³-hybridized carbons (Fsp3) is 0.105. The Kier molecular flexibility index (Phi) is 6.64. The van der Waals surface area contributed by atoms with E-state index in [-0.39, 0.29) is 18.8 Å². The molecule has 0 fully saturated rings. The van der Waals surface area contributed by atoms with Crippen molar-refractivity contribution in [3.63, 3.8) is 0 Å². The van der Waals surface area contributed by atoms with Crippen LogP contribution in [0.1, 0.15) is 10.4 Å². The molecule has 0 saturated heterocycles. The highest BCUT2D eigenvalue weighted by molar-refractivity contribution is 7.81. The summed E-state index contributed by atoms with van der Waals surface area (Å²) in [6.07, 6.45) is 0. The SMILES string of the molecule is O=C(O)c1ccc(OCCOc2ccc(N(c3cccs3)S(=O)[O-])cc2)cc1. The van der Waals surface area contributed by atoms with Gasteiger partial charge in [0.25, 0.3) is 0 Å². The number of hydrogen-bond donors (Lipinski definition) is 1. The van der Waals surface area contributed by atoms with E-state index >= 15 is 0 Å². The van der Waals surface area contributed by atoms with Gasteiger partial charge < -0.3 is 19.1 Å². The van der Waals surface area contributed by atoms with E-state index in [1.54, 1.807) is 48.5 Å². The minimum atomic E-state index is -2.43. The van der Waals surface area contributed by atoms with Crippen LogP contribution in [0.3, 0.4) is 0 Å². The Morgan fingerprint density at radius 2 is 1.57 bits per heavy atom. The van der Waals surface area contributed by atoms with Crippen molar-refractivity contribution in [1.82, 2.24) is 0 Å². The zero-order chi connectivity index (χ0) is 19.9. The van der Waals surface area contributed by atoms with Gasteiger partial charge in [0, 0.05) is 0 Å². The van der Waals surface area contributed by atoms with Crippen LogP contribution in [-0.4, -0.2) is 33.1 Å². The van der Waals surface area contributed by atoms with Crippen LogP contribution < -0.4 is 13.8 Å². The first-order valence-corrected chi connectivity index (χ1v) is 10.1. The molecule has 1 atom stereocenters. The summed E-state index contributed by atoms with van der Waals surface area (Å²) in [6, 6.07) is 16.3. The maximum atomic E-state index is 11.5. The van der Waals surface area contributed by atoms with Gasteiger partial charge in [0.05, 0.1) is 22.5 Å². The molecule has 0 saturated carbocycles. The molecule has 1 heterocycles. The number of benzene rings is 2. The third-order valence-electron chi connectivity index (χ3n) is 3.65. The Labute approximate surface area is 168 Å². The van der Waals surface area contributed by atoms with E-state index in [1.807, 2.05) is 5.38 Å². The first-order chi connectivity index (χ1) is 13.5. The van der Waals surface area contributed by atoms with Crippen molar-refractivity contribution < 1.29 is 28.1 Å². The molecule has 2 aromatic carbocycles. The molecule has 146 valence electrons. The Balaban J connectivity index is 1.51. The lowest BCUT2D eigenvalue weighted by Gasteiger charge is -2.24. The molecule has 3 aromatic rings. The van der Waals surface area contributed by atoms with E-state index in [1.165, 1.54) is 27.8 Å². The molecule has 0 amide bonds. The number of carbonyl (C=O) groups is 1. The van der Waals surface area contributed by atoms with Crippen molar-refractivity contribution in [2.75, 3.05) is 17.5 Å². The molecule has 1 aromatic heterocycles. The molecule has 0 aliphatic heterocycles. The number of ether oxygens (including phenoxy) is 2. The largest absolute Gasteiger partial charge is 0.755 e. The molecule has 7 nitrogen and oxygen atoms in total. The average molecular weight is 418 g/mol. The van der Waals surface area contributed by atoms with Gasteiger partial charge in [0.2, 0.25) is 0 Å². The van der Waals surface area contributed by atoms with Gasteiger partial charge in [0.1, 0.15) is 29.7 Å². The zero-order valence-corrected chi connectivity index (χ0v) is 16.2. The van der Waals surface area contributed by atoms with Gasteiger partial charge in [0.15, 0.2) is 0 Å². The molecule has 3 rings (SSSR count). The van der Waals surface area contributed by atoms with Crippen LogP contribution in [0.4, 0.5) is 10.7 Å². The second-order valence-electron chi connectivity index (χ2n) is 5.48. The summed E-state index contributed by atoms with van der Waals surface area (Å²) >= 11 is -1.10. The van der Waals surface area contributed by atoms with Crippen LogP contribution >= 0.6 is 11.3 Å².